The van der Waals surface area contributed by atoms with Gasteiger partial charge < -0.3 is 5.32 Å². The molecule has 2 atom stereocenters. The summed E-state index contributed by atoms with van der Waals surface area (Å²) >= 11 is 6.73. The maximum atomic E-state index is 13.8. The molecule has 2 amide bonds. The second kappa shape index (κ2) is 16.0. The van der Waals surface area contributed by atoms with E-state index in [0.717, 1.165) is 50.5 Å². The molecule has 0 bridgehead atoms. The van der Waals surface area contributed by atoms with E-state index in [1.54, 1.807) is 47.0 Å². The molecular formula is C37H45ClN6O4S. The van der Waals surface area contributed by atoms with Crippen molar-refractivity contribution < 1.29 is 18.0 Å². The fourth-order valence-electron chi connectivity index (χ4n) is 7.02. The van der Waals surface area contributed by atoms with Crippen LogP contribution in [0.5, 0.6) is 0 Å². The molecule has 49 heavy (non-hydrogen) atoms. The van der Waals surface area contributed by atoms with Gasteiger partial charge in [-0.2, -0.15) is 0 Å². The number of nitrogens with zero attached hydrogens (tertiary/aromatic N) is 3. The summed E-state index contributed by atoms with van der Waals surface area (Å²) in [5, 5.41) is 6.25. The number of hydrogen-bond donors (Lipinski definition) is 3. The molecule has 260 valence electrons. The molecule has 3 N–H and O–H groups in total. The molecule has 0 radical (unpaired) electrons. The van der Waals surface area contributed by atoms with Gasteiger partial charge in [0.15, 0.2) is 5.82 Å². The lowest BCUT2D eigenvalue weighted by molar-refractivity contribution is 0.0982. The molecule has 1 aliphatic rings. The van der Waals surface area contributed by atoms with Gasteiger partial charge in [-0.15, -0.1) is 0 Å². The van der Waals surface area contributed by atoms with Gasteiger partial charge >= 0.3 is 0 Å². The standard InChI is InChI=1S/C37H45ClN6O4S/c1-5-6-7-8-9-14-22-49(47,48)43-37(46)28-20-12-13-21-31(28)40-36(45)27-19-11-10-18-26(27)34-41-35-30(32(39-4)33(38)44(35)42-34)23-29-24(2)16-15-17-25(29)3/h10-13,18-21,24-25,29H,5-9,14-17,22-23H2,1-3H3,(H,40,45)(H,41,42)(H,43,46). The Hall–Kier alpha value is -4.14. The molecule has 2 aromatic carbocycles. The summed E-state index contributed by atoms with van der Waals surface area (Å²) in [6.45, 7) is 14.5. The Morgan fingerprint density at radius 1 is 0.980 bits per heavy atom. The number of fused-ring (bicyclic) bond motifs is 1. The van der Waals surface area contributed by atoms with Crippen LogP contribution in [0.25, 0.3) is 21.9 Å². The smallest absolute Gasteiger partial charge is 0.266 e. The number of carbonyl (C=O) groups is 2. The van der Waals surface area contributed by atoms with Crippen LogP contribution in [0.4, 0.5) is 11.4 Å². The predicted octanol–water partition coefficient (Wildman–Crippen LogP) is 8.82. The molecule has 2 heterocycles. The van der Waals surface area contributed by atoms with Gasteiger partial charge in [-0.1, -0.05) is 114 Å². The Kier molecular flexibility index (Phi) is 11.8. The number of aromatic amines is 1. The first-order valence-corrected chi connectivity index (χ1v) is 19.3. The number of hydrogen-bond acceptors (Lipinski definition) is 5. The van der Waals surface area contributed by atoms with E-state index in [-0.39, 0.29) is 27.7 Å². The minimum Gasteiger partial charge on any atom is -0.321 e. The fourth-order valence-corrected chi connectivity index (χ4v) is 8.38. The summed E-state index contributed by atoms with van der Waals surface area (Å²) in [4.78, 5) is 35.5. The van der Waals surface area contributed by atoms with Crippen molar-refractivity contribution in [2.45, 2.75) is 85.0 Å². The first kappa shape index (κ1) is 36.1. The summed E-state index contributed by atoms with van der Waals surface area (Å²) in [5.41, 5.74) is 2.75. The van der Waals surface area contributed by atoms with Gasteiger partial charge in [0.05, 0.1) is 29.1 Å². The average molecular weight is 705 g/mol. The Morgan fingerprint density at radius 2 is 1.63 bits per heavy atom. The third kappa shape index (κ3) is 8.36. The highest BCUT2D eigenvalue weighted by molar-refractivity contribution is 7.90. The third-order valence-electron chi connectivity index (χ3n) is 9.79. The minimum atomic E-state index is -3.85. The Morgan fingerprint density at radius 3 is 2.35 bits per heavy atom. The van der Waals surface area contributed by atoms with E-state index in [0.29, 0.717) is 53.3 Å². The number of unbranched alkanes of at least 4 members (excludes halogenated alkanes) is 5. The monoisotopic (exact) mass is 704 g/mol. The van der Waals surface area contributed by atoms with Gasteiger partial charge in [0, 0.05) is 11.1 Å². The van der Waals surface area contributed by atoms with Crippen molar-refractivity contribution in [3.05, 3.63) is 81.8 Å². The van der Waals surface area contributed by atoms with E-state index in [2.05, 4.69) is 40.8 Å². The van der Waals surface area contributed by atoms with Crippen LogP contribution in [0.15, 0.2) is 48.5 Å². The van der Waals surface area contributed by atoms with Crippen molar-refractivity contribution in [3.63, 3.8) is 0 Å². The SMILES string of the molecule is [C-]#[N+]c1c(CC2C(C)CCCC2C)c2nc(-c3ccccc3C(=O)Nc3ccccc3C(=O)NS(=O)(=O)CCCCCCCC)[nH]n2c1Cl. The second-order valence-electron chi connectivity index (χ2n) is 13.3. The zero-order valence-corrected chi connectivity index (χ0v) is 30.0. The first-order chi connectivity index (χ1) is 23.5. The highest BCUT2D eigenvalue weighted by atomic mass is 35.5. The highest BCUT2D eigenvalue weighted by Crippen LogP contribution is 2.42. The molecule has 10 nitrogen and oxygen atoms in total. The normalized spacial score (nSPS) is 17.9. The van der Waals surface area contributed by atoms with Gasteiger partial charge in [0.25, 0.3) is 11.8 Å². The van der Waals surface area contributed by atoms with Gasteiger partial charge in [-0.25, -0.2) is 27.5 Å². The van der Waals surface area contributed by atoms with Crippen molar-refractivity contribution in [2.75, 3.05) is 11.1 Å². The van der Waals surface area contributed by atoms with Crippen LogP contribution < -0.4 is 10.0 Å². The minimum absolute atomic E-state index is 0.0291. The molecule has 0 aliphatic heterocycles. The van der Waals surface area contributed by atoms with Crippen molar-refractivity contribution in [2.24, 2.45) is 17.8 Å². The number of H-pyrrole nitrogens is 1. The fraction of sp³-hybridized carbons (Fsp3) is 0.459. The number of rotatable bonds is 14. The maximum absolute atomic E-state index is 13.8. The number of nitrogens with one attached hydrogen (secondary N) is 3. The Labute approximate surface area is 293 Å². The topological polar surface area (TPSA) is 130 Å². The Balaban J connectivity index is 1.37. The summed E-state index contributed by atoms with van der Waals surface area (Å²) in [5.74, 6) is 0.371. The summed E-state index contributed by atoms with van der Waals surface area (Å²) in [6.07, 6.45) is 9.69. The van der Waals surface area contributed by atoms with Crippen LogP contribution in [-0.2, 0) is 16.4 Å². The molecule has 12 heteroatoms. The second-order valence-corrected chi connectivity index (χ2v) is 15.5. The average Bonchev–Trinajstić information content (AvgIpc) is 3.62. The third-order valence-corrected chi connectivity index (χ3v) is 11.5. The van der Waals surface area contributed by atoms with Crippen molar-refractivity contribution >= 4 is 50.5 Å². The van der Waals surface area contributed by atoms with E-state index in [4.69, 9.17) is 23.2 Å². The van der Waals surface area contributed by atoms with Crippen molar-refractivity contribution in [1.29, 1.82) is 0 Å². The van der Waals surface area contributed by atoms with Crippen LogP contribution >= 0.6 is 11.6 Å². The van der Waals surface area contributed by atoms with E-state index >= 15 is 0 Å². The maximum Gasteiger partial charge on any atom is 0.266 e. The van der Waals surface area contributed by atoms with E-state index < -0.39 is 21.8 Å². The van der Waals surface area contributed by atoms with E-state index in [9.17, 15) is 18.0 Å². The van der Waals surface area contributed by atoms with Crippen molar-refractivity contribution in [3.8, 4) is 11.4 Å². The number of aromatic nitrogens is 3. The number of para-hydroxylation sites is 1. The van der Waals surface area contributed by atoms with Crippen LogP contribution in [0.1, 0.15) is 105 Å². The molecule has 5 rings (SSSR count). The summed E-state index contributed by atoms with van der Waals surface area (Å²) < 4.78 is 29.1. The van der Waals surface area contributed by atoms with Crippen LogP contribution in [0, 0.1) is 24.3 Å². The van der Waals surface area contributed by atoms with E-state index in [1.807, 2.05) is 0 Å². The van der Waals surface area contributed by atoms with E-state index in [1.165, 1.54) is 12.5 Å². The zero-order chi connectivity index (χ0) is 35.1. The molecule has 2 aromatic heterocycles. The van der Waals surface area contributed by atoms with Crippen molar-refractivity contribution in [1.82, 2.24) is 19.3 Å². The Bertz CT molecular complexity index is 1950. The molecule has 2 unspecified atom stereocenters. The quantitative estimate of drug-likeness (QED) is 0.0892. The predicted molar refractivity (Wildman–Crippen MR) is 195 cm³/mol. The molecule has 0 spiro atoms. The number of anilines is 1. The van der Waals surface area contributed by atoms with Gasteiger partial charge in [-0.3, -0.25) is 14.7 Å². The number of carbonyl (C=O) groups excluding carboxylic acids is 2. The molecule has 1 saturated carbocycles. The van der Waals surface area contributed by atoms with Gasteiger partial charge in [0.2, 0.25) is 15.7 Å². The number of benzene rings is 2. The van der Waals surface area contributed by atoms with Gasteiger partial charge in [-0.05, 0) is 48.8 Å². The molecule has 4 aromatic rings. The summed E-state index contributed by atoms with van der Waals surface area (Å²) in [6, 6.07) is 13.2. The van der Waals surface area contributed by atoms with Crippen LogP contribution in [0.2, 0.25) is 5.15 Å². The largest absolute Gasteiger partial charge is 0.321 e. The van der Waals surface area contributed by atoms with Crippen LogP contribution in [-0.4, -0.2) is 40.6 Å². The van der Waals surface area contributed by atoms with Gasteiger partial charge in [0.1, 0.15) is 10.8 Å². The van der Waals surface area contributed by atoms with Crippen LogP contribution in [0.3, 0.4) is 0 Å². The lowest BCUT2D eigenvalue weighted by atomic mass is 9.71. The molecule has 0 saturated heterocycles. The lowest BCUT2D eigenvalue weighted by Gasteiger charge is -2.34. The molecular weight excluding hydrogens is 660 g/mol. The highest BCUT2D eigenvalue weighted by Gasteiger charge is 2.32. The number of halogens is 1. The molecule has 1 fully saturated rings. The lowest BCUT2D eigenvalue weighted by Crippen LogP contribution is -2.33. The first-order valence-electron chi connectivity index (χ1n) is 17.3. The number of amides is 2. The number of sulfonamides is 1. The molecule has 1 aliphatic carbocycles. The summed E-state index contributed by atoms with van der Waals surface area (Å²) in [7, 11) is -3.85. The zero-order valence-electron chi connectivity index (χ0n) is 28.4.